The Labute approximate surface area is 126 Å². The lowest BCUT2D eigenvalue weighted by Gasteiger charge is -2.32. The van der Waals surface area contributed by atoms with Crippen LogP contribution in [0.2, 0.25) is 0 Å². The van der Waals surface area contributed by atoms with Crippen LogP contribution in [-0.2, 0) is 18.8 Å². The van der Waals surface area contributed by atoms with Crippen molar-refractivity contribution in [1.29, 1.82) is 0 Å². The highest BCUT2D eigenvalue weighted by Gasteiger charge is 2.51. The Morgan fingerprint density at radius 2 is 1.52 bits per heavy atom. The van der Waals surface area contributed by atoms with Crippen LogP contribution in [0.5, 0.6) is 0 Å². The molecule has 21 heavy (non-hydrogen) atoms. The van der Waals surface area contributed by atoms with E-state index in [1.54, 1.807) is 6.26 Å². The predicted octanol–water partition coefficient (Wildman–Crippen LogP) is 2.33. The zero-order chi connectivity index (χ0) is 15.1. The molecule has 5 heteroatoms. The molecule has 2 aliphatic heterocycles. The lowest BCUT2D eigenvalue weighted by atomic mass is 9.79. The average molecular weight is 288 g/mol. The SMILES string of the molecule is CC1(C)OB(c2ccc(C3=COCCO3)cc2)OC1(C)C. The van der Waals surface area contributed by atoms with Gasteiger partial charge in [-0.3, -0.25) is 0 Å². The Kier molecular flexibility index (Phi) is 3.50. The van der Waals surface area contributed by atoms with E-state index in [4.69, 9.17) is 18.8 Å². The summed E-state index contributed by atoms with van der Waals surface area (Å²) in [6.07, 6.45) is 1.66. The highest BCUT2D eigenvalue weighted by atomic mass is 16.7. The number of hydrogen-bond donors (Lipinski definition) is 0. The largest absolute Gasteiger partial charge is 0.494 e. The van der Waals surface area contributed by atoms with Gasteiger partial charge in [-0.2, -0.15) is 0 Å². The van der Waals surface area contributed by atoms with Crippen LogP contribution in [-0.4, -0.2) is 31.5 Å². The Bertz CT molecular complexity index is 532. The van der Waals surface area contributed by atoms with Gasteiger partial charge in [0.2, 0.25) is 0 Å². The topological polar surface area (TPSA) is 36.9 Å². The van der Waals surface area contributed by atoms with Crippen molar-refractivity contribution in [1.82, 2.24) is 0 Å². The van der Waals surface area contributed by atoms with Gasteiger partial charge in [0.05, 0.1) is 11.2 Å². The Hall–Kier alpha value is -1.46. The molecule has 0 saturated carbocycles. The average Bonchev–Trinajstić information content (AvgIpc) is 2.69. The summed E-state index contributed by atoms with van der Waals surface area (Å²) in [4.78, 5) is 0. The maximum atomic E-state index is 6.04. The third-order valence-corrected chi connectivity index (χ3v) is 4.37. The molecule has 1 fully saturated rings. The fourth-order valence-corrected chi connectivity index (χ4v) is 2.30. The van der Waals surface area contributed by atoms with Crippen molar-refractivity contribution in [2.24, 2.45) is 0 Å². The van der Waals surface area contributed by atoms with Crippen LogP contribution in [0.4, 0.5) is 0 Å². The second-order valence-electron chi connectivity index (χ2n) is 6.41. The van der Waals surface area contributed by atoms with Gasteiger partial charge < -0.3 is 18.8 Å². The molecule has 0 unspecified atom stereocenters. The second-order valence-corrected chi connectivity index (χ2v) is 6.41. The zero-order valence-electron chi connectivity index (χ0n) is 13.0. The first-order valence-electron chi connectivity index (χ1n) is 7.30. The molecule has 4 nitrogen and oxygen atoms in total. The van der Waals surface area contributed by atoms with Crippen LogP contribution in [0.1, 0.15) is 33.3 Å². The molecule has 1 aromatic rings. The van der Waals surface area contributed by atoms with Crippen molar-refractivity contribution in [2.45, 2.75) is 38.9 Å². The van der Waals surface area contributed by atoms with Gasteiger partial charge in [0.25, 0.3) is 0 Å². The number of rotatable bonds is 2. The van der Waals surface area contributed by atoms with Gasteiger partial charge in [0.1, 0.15) is 19.5 Å². The number of benzene rings is 1. The fourth-order valence-electron chi connectivity index (χ4n) is 2.30. The molecule has 1 aromatic carbocycles. The molecule has 0 aliphatic carbocycles. The first-order chi connectivity index (χ1) is 9.89. The molecule has 2 heterocycles. The van der Waals surface area contributed by atoms with Crippen molar-refractivity contribution >= 4 is 18.3 Å². The Morgan fingerprint density at radius 1 is 0.905 bits per heavy atom. The molecular formula is C16H21BO4. The summed E-state index contributed by atoms with van der Waals surface area (Å²) in [7, 11) is -0.332. The van der Waals surface area contributed by atoms with Crippen molar-refractivity contribution in [3.05, 3.63) is 36.1 Å². The van der Waals surface area contributed by atoms with Crippen LogP contribution < -0.4 is 5.46 Å². The molecule has 0 amide bonds. The summed E-state index contributed by atoms with van der Waals surface area (Å²) in [5.41, 5.74) is 1.36. The molecule has 0 spiro atoms. The Balaban J connectivity index is 1.78. The molecule has 0 aromatic heterocycles. The van der Waals surface area contributed by atoms with E-state index in [2.05, 4.69) is 27.7 Å². The van der Waals surface area contributed by atoms with Crippen LogP contribution in [0.15, 0.2) is 30.5 Å². The van der Waals surface area contributed by atoms with Gasteiger partial charge in [-0.1, -0.05) is 24.3 Å². The maximum absolute atomic E-state index is 6.04. The first kappa shape index (κ1) is 14.5. The van der Waals surface area contributed by atoms with Crippen LogP contribution in [0.3, 0.4) is 0 Å². The minimum atomic E-state index is -0.332. The van der Waals surface area contributed by atoms with Gasteiger partial charge in [-0.25, -0.2) is 0 Å². The van der Waals surface area contributed by atoms with E-state index in [0.29, 0.717) is 13.2 Å². The minimum Gasteiger partial charge on any atom is -0.494 e. The number of hydrogen-bond acceptors (Lipinski definition) is 4. The van der Waals surface area contributed by atoms with E-state index in [1.165, 1.54) is 0 Å². The molecule has 1 saturated heterocycles. The minimum absolute atomic E-state index is 0.320. The summed E-state index contributed by atoms with van der Waals surface area (Å²) < 4.78 is 22.9. The van der Waals surface area contributed by atoms with Gasteiger partial charge >= 0.3 is 7.12 Å². The van der Waals surface area contributed by atoms with E-state index in [-0.39, 0.29) is 18.3 Å². The lowest BCUT2D eigenvalue weighted by molar-refractivity contribution is 0.00578. The smallest absolute Gasteiger partial charge is 0.494 e. The standard InChI is InChI=1S/C16H21BO4/c1-15(2)16(3,4)21-17(20-15)13-7-5-12(6-8-13)14-11-18-9-10-19-14/h5-8,11H,9-10H2,1-4H3. The normalized spacial score (nSPS) is 23.2. The van der Waals surface area contributed by atoms with Crippen LogP contribution in [0.25, 0.3) is 5.76 Å². The number of ether oxygens (including phenoxy) is 2. The maximum Gasteiger partial charge on any atom is 0.494 e. The summed E-state index contributed by atoms with van der Waals surface area (Å²) in [6.45, 7) is 9.41. The van der Waals surface area contributed by atoms with Crippen LogP contribution in [0, 0.1) is 0 Å². The van der Waals surface area contributed by atoms with Crippen molar-refractivity contribution in [2.75, 3.05) is 13.2 Å². The van der Waals surface area contributed by atoms with E-state index < -0.39 is 0 Å². The summed E-state index contributed by atoms with van der Waals surface area (Å²) in [5, 5.41) is 0. The first-order valence-corrected chi connectivity index (χ1v) is 7.30. The van der Waals surface area contributed by atoms with E-state index in [0.717, 1.165) is 16.8 Å². The second kappa shape index (κ2) is 5.07. The molecule has 3 rings (SSSR count). The summed E-state index contributed by atoms with van der Waals surface area (Å²) in [5.74, 6) is 0.765. The monoisotopic (exact) mass is 288 g/mol. The van der Waals surface area contributed by atoms with Crippen molar-refractivity contribution in [3.63, 3.8) is 0 Å². The quantitative estimate of drug-likeness (QED) is 0.783. The Morgan fingerprint density at radius 3 is 2.05 bits per heavy atom. The molecule has 0 N–H and O–H groups in total. The highest BCUT2D eigenvalue weighted by molar-refractivity contribution is 6.62. The van der Waals surface area contributed by atoms with E-state index >= 15 is 0 Å². The zero-order valence-corrected chi connectivity index (χ0v) is 13.0. The third kappa shape index (κ3) is 2.68. The summed E-state index contributed by atoms with van der Waals surface area (Å²) in [6, 6.07) is 8.02. The van der Waals surface area contributed by atoms with E-state index in [9.17, 15) is 0 Å². The fraction of sp³-hybridized carbons (Fsp3) is 0.500. The summed E-state index contributed by atoms with van der Waals surface area (Å²) >= 11 is 0. The molecule has 0 atom stereocenters. The molecule has 112 valence electrons. The van der Waals surface area contributed by atoms with Crippen molar-refractivity contribution < 1.29 is 18.8 Å². The van der Waals surface area contributed by atoms with Gasteiger partial charge in [0.15, 0.2) is 5.76 Å². The van der Waals surface area contributed by atoms with E-state index in [1.807, 2.05) is 24.3 Å². The van der Waals surface area contributed by atoms with Gasteiger partial charge in [0, 0.05) is 5.56 Å². The van der Waals surface area contributed by atoms with Crippen molar-refractivity contribution in [3.8, 4) is 0 Å². The van der Waals surface area contributed by atoms with Gasteiger partial charge in [-0.05, 0) is 33.2 Å². The third-order valence-electron chi connectivity index (χ3n) is 4.37. The predicted molar refractivity (Wildman–Crippen MR) is 82.0 cm³/mol. The molecule has 0 radical (unpaired) electrons. The highest BCUT2D eigenvalue weighted by Crippen LogP contribution is 2.36. The lowest BCUT2D eigenvalue weighted by Crippen LogP contribution is -2.41. The van der Waals surface area contributed by atoms with Gasteiger partial charge in [-0.15, -0.1) is 0 Å². The molecule has 0 bridgehead atoms. The molecular weight excluding hydrogens is 267 g/mol. The van der Waals surface area contributed by atoms with Crippen LogP contribution >= 0.6 is 0 Å². The molecule has 2 aliphatic rings.